The molecule has 2 amide bonds. The third-order valence-corrected chi connectivity index (χ3v) is 8.73. The number of phenols is 1. The quantitative estimate of drug-likeness (QED) is 0.128. The standard InChI is InChI=1S/C33H47NO7/c1-5-10-24-18-25-30(33(41)34(32(25)40)14-9-7-8-11-28(37)38)26(19-35)29(24)27(36)13-12-22(6-2)17-23-15-20(3)31(39)21(4)16-23/h15-17,25-27,30,35-36,39H,5-14,18-19H2,1-4H3,(H,37,38)/b22-17+/t25-,26+,27-,30-/m1/s1. The van der Waals surface area contributed by atoms with Gasteiger partial charge < -0.3 is 20.4 Å². The van der Waals surface area contributed by atoms with E-state index in [2.05, 4.69) is 13.0 Å². The van der Waals surface area contributed by atoms with Crippen LogP contribution in [0.4, 0.5) is 0 Å². The van der Waals surface area contributed by atoms with Crippen molar-refractivity contribution in [2.24, 2.45) is 17.8 Å². The summed E-state index contributed by atoms with van der Waals surface area (Å²) in [6, 6.07) is 3.89. The average Bonchev–Trinajstić information content (AvgIpc) is 3.17. The molecule has 1 aromatic carbocycles. The van der Waals surface area contributed by atoms with Crippen LogP contribution in [-0.4, -0.2) is 62.4 Å². The van der Waals surface area contributed by atoms with Gasteiger partial charge in [0.25, 0.3) is 0 Å². The molecule has 0 spiro atoms. The van der Waals surface area contributed by atoms with Crippen molar-refractivity contribution in [2.75, 3.05) is 13.2 Å². The zero-order valence-corrected chi connectivity index (χ0v) is 25.0. The summed E-state index contributed by atoms with van der Waals surface area (Å²) in [5, 5.41) is 41.0. The topological polar surface area (TPSA) is 135 Å². The Morgan fingerprint density at radius 2 is 1.76 bits per heavy atom. The SMILES string of the molecule is CCCC1=C([C@H](O)CC/C(=C/c2cc(C)c(O)c(C)c2)CC)[C@H](CO)[C@@H]2C(=O)N(CCCCCC(=O)O)C(=O)[C@@H]2C1. The third-order valence-electron chi connectivity index (χ3n) is 8.73. The first kappa shape index (κ1) is 32.5. The monoisotopic (exact) mass is 569 g/mol. The number of aliphatic hydroxyl groups excluding tert-OH is 2. The van der Waals surface area contributed by atoms with E-state index in [0.29, 0.717) is 50.7 Å². The molecule has 1 aromatic rings. The smallest absolute Gasteiger partial charge is 0.303 e. The van der Waals surface area contributed by atoms with Crippen LogP contribution in [-0.2, 0) is 14.4 Å². The number of aromatic hydroxyl groups is 1. The van der Waals surface area contributed by atoms with E-state index in [1.807, 2.05) is 32.9 Å². The maximum absolute atomic E-state index is 13.5. The summed E-state index contributed by atoms with van der Waals surface area (Å²) in [4.78, 5) is 38.9. The number of hydrogen-bond acceptors (Lipinski definition) is 6. The van der Waals surface area contributed by atoms with Gasteiger partial charge in [0.1, 0.15) is 5.75 Å². The maximum atomic E-state index is 13.5. The molecule has 1 heterocycles. The van der Waals surface area contributed by atoms with E-state index >= 15 is 0 Å². The fourth-order valence-electron chi connectivity index (χ4n) is 6.64. The number of benzene rings is 1. The van der Waals surface area contributed by atoms with Crippen LogP contribution in [0.1, 0.15) is 94.7 Å². The Labute approximate surface area is 243 Å². The molecule has 4 N–H and O–H groups in total. The summed E-state index contributed by atoms with van der Waals surface area (Å²) in [5.74, 6) is -2.87. The largest absolute Gasteiger partial charge is 0.507 e. The highest BCUT2D eigenvalue weighted by Gasteiger charge is 2.54. The first-order chi connectivity index (χ1) is 19.5. The third kappa shape index (κ3) is 7.66. The molecule has 226 valence electrons. The van der Waals surface area contributed by atoms with Gasteiger partial charge in [-0.05, 0) is 93.2 Å². The zero-order chi connectivity index (χ0) is 30.3. The summed E-state index contributed by atoms with van der Waals surface area (Å²) < 4.78 is 0. The van der Waals surface area contributed by atoms with Crippen molar-refractivity contribution in [1.82, 2.24) is 4.90 Å². The minimum atomic E-state index is -0.858. The Morgan fingerprint density at radius 1 is 1.07 bits per heavy atom. The van der Waals surface area contributed by atoms with Crippen LogP contribution in [0.15, 0.2) is 28.9 Å². The number of aliphatic carboxylic acids is 1. The molecule has 8 nitrogen and oxygen atoms in total. The fourth-order valence-corrected chi connectivity index (χ4v) is 6.64. The van der Waals surface area contributed by atoms with Gasteiger partial charge >= 0.3 is 5.97 Å². The molecule has 1 saturated heterocycles. The second-order valence-electron chi connectivity index (χ2n) is 11.7. The van der Waals surface area contributed by atoms with Crippen molar-refractivity contribution < 1.29 is 34.8 Å². The zero-order valence-electron chi connectivity index (χ0n) is 25.0. The van der Waals surface area contributed by atoms with E-state index in [1.165, 1.54) is 4.90 Å². The van der Waals surface area contributed by atoms with Crippen molar-refractivity contribution in [3.05, 3.63) is 45.5 Å². The molecular weight excluding hydrogens is 522 g/mol. The van der Waals surface area contributed by atoms with Gasteiger partial charge in [-0.25, -0.2) is 0 Å². The molecule has 1 fully saturated rings. The van der Waals surface area contributed by atoms with E-state index < -0.39 is 29.8 Å². The van der Waals surface area contributed by atoms with E-state index in [9.17, 15) is 29.7 Å². The van der Waals surface area contributed by atoms with Crippen molar-refractivity contribution >= 4 is 23.9 Å². The number of carbonyl (C=O) groups excluding carboxylic acids is 2. The van der Waals surface area contributed by atoms with Crippen LogP contribution in [0.3, 0.4) is 0 Å². The first-order valence-electron chi connectivity index (χ1n) is 15.1. The summed E-state index contributed by atoms with van der Waals surface area (Å²) in [6.07, 6.45) is 6.82. The molecule has 41 heavy (non-hydrogen) atoms. The van der Waals surface area contributed by atoms with Gasteiger partial charge in [-0.1, -0.05) is 43.9 Å². The van der Waals surface area contributed by atoms with Gasteiger partial charge in [0.2, 0.25) is 11.8 Å². The number of fused-ring (bicyclic) bond motifs is 1. The van der Waals surface area contributed by atoms with Crippen LogP contribution in [0.2, 0.25) is 0 Å². The number of carbonyl (C=O) groups is 3. The lowest BCUT2D eigenvalue weighted by Crippen LogP contribution is -2.39. The molecule has 0 bridgehead atoms. The molecule has 1 aliphatic carbocycles. The predicted octanol–water partition coefficient (Wildman–Crippen LogP) is 5.30. The van der Waals surface area contributed by atoms with Gasteiger partial charge in [-0.3, -0.25) is 19.3 Å². The van der Waals surface area contributed by atoms with E-state index in [-0.39, 0.29) is 31.4 Å². The fraction of sp³-hybridized carbons (Fsp3) is 0.606. The number of carboxylic acid groups (broad SMARTS) is 1. The number of hydrogen-bond donors (Lipinski definition) is 4. The molecule has 2 aliphatic rings. The number of nitrogens with zero attached hydrogens (tertiary/aromatic N) is 1. The van der Waals surface area contributed by atoms with Gasteiger partial charge in [-0.15, -0.1) is 0 Å². The molecule has 0 unspecified atom stereocenters. The van der Waals surface area contributed by atoms with Crippen molar-refractivity contribution in [3.8, 4) is 5.75 Å². The summed E-state index contributed by atoms with van der Waals surface area (Å²) in [5.41, 5.74) is 5.49. The number of rotatable bonds is 15. The Bertz CT molecular complexity index is 1160. The number of aliphatic hydroxyl groups is 2. The lowest BCUT2D eigenvalue weighted by Gasteiger charge is -2.36. The van der Waals surface area contributed by atoms with E-state index in [1.54, 1.807) is 0 Å². The number of carboxylic acids is 1. The lowest BCUT2D eigenvalue weighted by molar-refractivity contribution is -0.141. The maximum Gasteiger partial charge on any atom is 0.303 e. The van der Waals surface area contributed by atoms with Crippen LogP contribution in [0, 0.1) is 31.6 Å². The summed E-state index contributed by atoms with van der Waals surface area (Å²) >= 11 is 0. The number of unbranched alkanes of at least 4 members (excludes halogenated alkanes) is 2. The molecule has 0 aromatic heterocycles. The predicted molar refractivity (Wildman–Crippen MR) is 158 cm³/mol. The molecule has 8 heteroatoms. The molecule has 4 atom stereocenters. The highest BCUT2D eigenvalue weighted by molar-refractivity contribution is 6.05. The average molecular weight is 570 g/mol. The van der Waals surface area contributed by atoms with E-state index in [0.717, 1.165) is 46.3 Å². The lowest BCUT2D eigenvalue weighted by atomic mass is 9.67. The summed E-state index contributed by atoms with van der Waals surface area (Å²) in [6.45, 7) is 7.80. The van der Waals surface area contributed by atoms with Gasteiger partial charge in [-0.2, -0.15) is 0 Å². The van der Waals surface area contributed by atoms with E-state index in [4.69, 9.17) is 5.11 Å². The number of aryl methyl sites for hydroxylation is 2. The number of amides is 2. The second-order valence-corrected chi connectivity index (χ2v) is 11.7. The second kappa shape index (κ2) is 14.8. The van der Waals surface area contributed by atoms with Crippen molar-refractivity contribution in [1.29, 1.82) is 0 Å². The van der Waals surface area contributed by atoms with Gasteiger partial charge in [0, 0.05) is 18.9 Å². The highest BCUT2D eigenvalue weighted by Crippen LogP contribution is 2.47. The molecule has 1 aliphatic heterocycles. The minimum Gasteiger partial charge on any atom is -0.507 e. The Morgan fingerprint density at radius 3 is 2.34 bits per heavy atom. The van der Waals surface area contributed by atoms with Gasteiger partial charge in [0.15, 0.2) is 0 Å². The van der Waals surface area contributed by atoms with Gasteiger partial charge in [0.05, 0.1) is 24.5 Å². The van der Waals surface area contributed by atoms with Crippen molar-refractivity contribution in [3.63, 3.8) is 0 Å². The molecular formula is C33H47NO7. The number of allylic oxidation sites excluding steroid dienone is 2. The van der Waals surface area contributed by atoms with Crippen LogP contribution in [0.5, 0.6) is 5.75 Å². The Kier molecular flexibility index (Phi) is 11.7. The number of likely N-dealkylation sites (tertiary alicyclic amines) is 1. The minimum absolute atomic E-state index is 0.0639. The number of imide groups is 1. The van der Waals surface area contributed by atoms with Crippen LogP contribution < -0.4 is 0 Å². The van der Waals surface area contributed by atoms with Crippen molar-refractivity contribution in [2.45, 2.75) is 98.0 Å². The molecule has 0 saturated carbocycles. The normalized spacial score (nSPS) is 22.0. The number of phenolic OH excluding ortho intramolecular Hbond substituents is 1. The Balaban J connectivity index is 1.77. The molecule has 0 radical (unpaired) electrons. The first-order valence-corrected chi connectivity index (χ1v) is 15.1. The molecule has 3 rings (SSSR count). The van der Waals surface area contributed by atoms with Crippen LogP contribution >= 0.6 is 0 Å². The highest BCUT2D eigenvalue weighted by atomic mass is 16.4. The van der Waals surface area contributed by atoms with Crippen LogP contribution in [0.25, 0.3) is 6.08 Å². The summed E-state index contributed by atoms with van der Waals surface area (Å²) in [7, 11) is 0. The Hall–Kier alpha value is -2.97.